The number of carbonyl (C=O) groups is 1. The minimum Gasteiger partial charge on any atom is -0.363 e. The fourth-order valence-corrected chi connectivity index (χ4v) is 1.39. The lowest BCUT2D eigenvalue weighted by Gasteiger charge is -2.15. The average Bonchev–Trinajstić information content (AvgIpc) is 2.71. The third-order valence-electron chi connectivity index (χ3n) is 2.68. The number of halogens is 1. The van der Waals surface area contributed by atoms with Crippen LogP contribution in [0.25, 0.3) is 0 Å². The van der Waals surface area contributed by atoms with Gasteiger partial charge in [-0.2, -0.15) is 0 Å². The lowest BCUT2D eigenvalue weighted by atomic mass is 10.2. The van der Waals surface area contributed by atoms with Crippen LogP contribution in [0.4, 0.5) is 0 Å². The standard InChI is InChI=1S/C10H15N3O.ClH/c1-7(8-3-2-6-12-8)13-9(14)10(11)4-5-10;/h2-3,6-7,12H,4-5,11H2,1H3,(H,13,14);1H. The minimum atomic E-state index is -0.582. The summed E-state index contributed by atoms with van der Waals surface area (Å²) >= 11 is 0. The number of hydrogen-bond donors (Lipinski definition) is 3. The quantitative estimate of drug-likeness (QED) is 0.727. The normalized spacial score (nSPS) is 18.8. The van der Waals surface area contributed by atoms with E-state index in [0.29, 0.717) is 0 Å². The Hall–Kier alpha value is -1.00. The van der Waals surface area contributed by atoms with Crippen LogP contribution in [0.2, 0.25) is 0 Å². The van der Waals surface area contributed by atoms with E-state index in [4.69, 9.17) is 5.73 Å². The third-order valence-corrected chi connectivity index (χ3v) is 2.68. The van der Waals surface area contributed by atoms with Gasteiger partial charge < -0.3 is 16.0 Å². The van der Waals surface area contributed by atoms with Crippen molar-refractivity contribution in [2.24, 2.45) is 5.73 Å². The Balaban J connectivity index is 0.00000112. The SMILES string of the molecule is CC(NC(=O)C1(N)CC1)c1ccc[nH]1.Cl. The van der Waals surface area contributed by atoms with Crippen LogP contribution in [0.15, 0.2) is 18.3 Å². The number of carbonyl (C=O) groups excluding carboxylic acids is 1. The molecule has 4 nitrogen and oxygen atoms in total. The van der Waals surface area contributed by atoms with Gasteiger partial charge in [0.25, 0.3) is 0 Å². The molecular formula is C10H16ClN3O. The van der Waals surface area contributed by atoms with Crippen molar-refractivity contribution in [1.82, 2.24) is 10.3 Å². The number of aromatic amines is 1. The number of nitrogens with two attached hydrogens (primary N) is 1. The summed E-state index contributed by atoms with van der Waals surface area (Å²) in [6.07, 6.45) is 3.44. The molecule has 1 aromatic heterocycles. The molecule has 1 fully saturated rings. The maximum atomic E-state index is 11.6. The number of amides is 1. The van der Waals surface area contributed by atoms with Crippen LogP contribution in [0.5, 0.6) is 0 Å². The Morgan fingerprint density at radius 2 is 2.33 bits per heavy atom. The van der Waals surface area contributed by atoms with Crippen molar-refractivity contribution in [2.45, 2.75) is 31.3 Å². The predicted molar refractivity (Wildman–Crippen MR) is 60.8 cm³/mol. The van der Waals surface area contributed by atoms with E-state index in [0.717, 1.165) is 18.5 Å². The van der Waals surface area contributed by atoms with Gasteiger partial charge in [-0.15, -0.1) is 12.4 Å². The molecule has 0 aliphatic heterocycles. The lowest BCUT2D eigenvalue weighted by Crippen LogP contribution is -2.43. The van der Waals surface area contributed by atoms with E-state index in [1.165, 1.54) is 0 Å². The minimum absolute atomic E-state index is 0. The molecule has 0 radical (unpaired) electrons. The molecule has 0 bridgehead atoms. The second-order valence-electron chi connectivity index (χ2n) is 3.98. The molecule has 0 aromatic carbocycles. The Morgan fingerprint density at radius 1 is 1.67 bits per heavy atom. The topological polar surface area (TPSA) is 70.9 Å². The van der Waals surface area contributed by atoms with E-state index < -0.39 is 5.54 Å². The summed E-state index contributed by atoms with van der Waals surface area (Å²) in [5, 5.41) is 2.89. The first-order chi connectivity index (χ1) is 6.62. The number of nitrogens with one attached hydrogen (secondary N) is 2. The first-order valence-corrected chi connectivity index (χ1v) is 4.85. The predicted octanol–water partition coefficient (Wildman–Crippen LogP) is 1.10. The molecular weight excluding hydrogens is 214 g/mol. The molecule has 1 aromatic rings. The van der Waals surface area contributed by atoms with Crippen molar-refractivity contribution in [3.63, 3.8) is 0 Å². The largest absolute Gasteiger partial charge is 0.363 e. The maximum absolute atomic E-state index is 11.6. The highest BCUT2D eigenvalue weighted by Gasteiger charge is 2.46. The van der Waals surface area contributed by atoms with Crippen LogP contribution < -0.4 is 11.1 Å². The number of rotatable bonds is 3. The van der Waals surface area contributed by atoms with Crippen molar-refractivity contribution in [3.05, 3.63) is 24.0 Å². The van der Waals surface area contributed by atoms with Gasteiger partial charge in [0.15, 0.2) is 0 Å². The van der Waals surface area contributed by atoms with E-state index in [2.05, 4.69) is 10.3 Å². The van der Waals surface area contributed by atoms with Crippen LogP contribution in [0.3, 0.4) is 0 Å². The van der Waals surface area contributed by atoms with E-state index in [9.17, 15) is 4.79 Å². The van der Waals surface area contributed by atoms with Crippen LogP contribution in [-0.4, -0.2) is 16.4 Å². The molecule has 1 heterocycles. The molecule has 1 amide bonds. The monoisotopic (exact) mass is 229 g/mol. The zero-order chi connectivity index (χ0) is 10.2. The molecule has 0 saturated heterocycles. The summed E-state index contributed by atoms with van der Waals surface area (Å²) in [5.41, 5.74) is 6.19. The van der Waals surface area contributed by atoms with Gasteiger partial charge >= 0.3 is 0 Å². The molecule has 1 aliphatic carbocycles. The summed E-state index contributed by atoms with van der Waals surface area (Å²) in [5.74, 6) is -0.0420. The summed E-state index contributed by atoms with van der Waals surface area (Å²) in [6.45, 7) is 1.94. The van der Waals surface area contributed by atoms with Gasteiger partial charge in [0, 0.05) is 11.9 Å². The highest BCUT2D eigenvalue weighted by atomic mass is 35.5. The van der Waals surface area contributed by atoms with Crippen molar-refractivity contribution < 1.29 is 4.79 Å². The molecule has 0 spiro atoms. The van der Waals surface area contributed by atoms with Crippen molar-refractivity contribution in [3.8, 4) is 0 Å². The smallest absolute Gasteiger partial charge is 0.240 e. The van der Waals surface area contributed by atoms with Gasteiger partial charge in [-0.25, -0.2) is 0 Å². The zero-order valence-corrected chi connectivity index (χ0v) is 9.43. The molecule has 1 unspecified atom stereocenters. The van der Waals surface area contributed by atoms with Crippen LogP contribution in [0, 0.1) is 0 Å². The molecule has 1 aliphatic rings. The van der Waals surface area contributed by atoms with Crippen molar-refractivity contribution in [1.29, 1.82) is 0 Å². The second-order valence-corrected chi connectivity index (χ2v) is 3.98. The Labute approximate surface area is 95.0 Å². The fourth-order valence-electron chi connectivity index (χ4n) is 1.39. The number of aromatic nitrogens is 1. The Morgan fingerprint density at radius 3 is 2.80 bits per heavy atom. The van der Waals surface area contributed by atoms with Gasteiger partial charge in [0.2, 0.25) is 5.91 Å². The van der Waals surface area contributed by atoms with Gasteiger partial charge in [0.1, 0.15) is 0 Å². The van der Waals surface area contributed by atoms with Crippen molar-refractivity contribution >= 4 is 18.3 Å². The lowest BCUT2D eigenvalue weighted by molar-refractivity contribution is -0.123. The van der Waals surface area contributed by atoms with E-state index in [1.807, 2.05) is 25.3 Å². The van der Waals surface area contributed by atoms with E-state index in [-0.39, 0.29) is 24.4 Å². The average molecular weight is 230 g/mol. The summed E-state index contributed by atoms with van der Waals surface area (Å²) in [7, 11) is 0. The molecule has 5 heteroatoms. The zero-order valence-electron chi connectivity index (χ0n) is 8.62. The van der Waals surface area contributed by atoms with Gasteiger partial charge in [-0.1, -0.05) is 0 Å². The maximum Gasteiger partial charge on any atom is 0.240 e. The summed E-state index contributed by atoms with van der Waals surface area (Å²) in [4.78, 5) is 14.6. The molecule has 1 atom stereocenters. The van der Waals surface area contributed by atoms with E-state index in [1.54, 1.807) is 0 Å². The van der Waals surface area contributed by atoms with Crippen LogP contribution >= 0.6 is 12.4 Å². The van der Waals surface area contributed by atoms with Crippen LogP contribution in [0.1, 0.15) is 31.5 Å². The molecule has 2 rings (SSSR count). The molecule has 15 heavy (non-hydrogen) atoms. The summed E-state index contributed by atoms with van der Waals surface area (Å²) in [6, 6.07) is 3.85. The van der Waals surface area contributed by atoms with Gasteiger partial charge in [-0.3, -0.25) is 4.79 Å². The first-order valence-electron chi connectivity index (χ1n) is 4.85. The Bertz CT molecular complexity index is 332. The first kappa shape index (κ1) is 12.1. The van der Waals surface area contributed by atoms with Gasteiger partial charge in [0.05, 0.1) is 11.6 Å². The fraction of sp³-hybridized carbons (Fsp3) is 0.500. The number of hydrogen-bond acceptors (Lipinski definition) is 2. The second kappa shape index (κ2) is 4.24. The molecule has 1 saturated carbocycles. The Kier molecular flexibility index (Phi) is 3.42. The summed E-state index contributed by atoms with van der Waals surface area (Å²) < 4.78 is 0. The van der Waals surface area contributed by atoms with Gasteiger partial charge in [-0.05, 0) is 31.9 Å². The highest BCUT2D eigenvalue weighted by Crippen LogP contribution is 2.32. The third kappa shape index (κ3) is 2.52. The molecule has 84 valence electrons. The van der Waals surface area contributed by atoms with E-state index >= 15 is 0 Å². The molecule has 4 N–H and O–H groups in total. The van der Waals surface area contributed by atoms with Crippen LogP contribution in [-0.2, 0) is 4.79 Å². The van der Waals surface area contributed by atoms with Crippen molar-refractivity contribution in [2.75, 3.05) is 0 Å². The number of H-pyrrole nitrogens is 1. The highest BCUT2D eigenvalue weighted by molar-refractivity contribution is 5.89.